The number of aliphatic hydroxyl groups excluding tert-OH is 1. The Morgan fingerprint density at radius 3 is 2.58 bits per heavy atom. The monoisotopic (exact) mass is 376 g/mol. The van der Waals surface area contributed by atoms with Gasteiger partial charge in [0.25, 0.3) is 0 Å². The highest BCUT2D eigenvalue weighted by Gasteiger charge is 2.41. The Balaban J connectivity index is 1.61. The molecule has 26 heavy (non-hydrogen) atoms. The fourth-order valence-corrected chi connectivity index (χ4v) is 3.21. The van der Waals surface area contributed by atoms with Gasteiger partial charge >= 0.3 is 11.8 Å². The van der Waals surface area contributed by atoms with Crippen molar-refractivity contribution in [1.82, 2.24) is 15.1 Å². The van der Waals surface area contributed by atoms with Crippen LogP contribution in [0.15, 0.2) is 30.5 Å². The quantitative estimate of drug-likeness (QED) is 0.711. The summed E-state index contributed by atoms with van der Waals surface area (Å²) in [5, 5.41) is 19.4. The topological polar surface area (TPSA) is 96.2 Å². The van der Waals surface area contributed by atoms with Gasteiger partial charge in [0.1, 0.15) is 0 Å². The van der Waals surface area contributed by atoms with Crippen LogP contribution in [-0.4, -0.2) is 39.4 Å². The molecule has 1 saturated carbocycles. The summed E-state index contributed by atoms with van der Waals surface area (Å²) in [6, 6.07) is 7.03. The molecule has 1 fully saturated rings. The van der Waals surface area contributed by atoms with E-state index >= 15 is 0 Å². The fraction of sp³-hybridized carbons (Fsp3) is 0.389. The Morgan fingerprint density at radius 1 is 1.31 bits per heavy atom. The lowest BCUT2D eigenvalue weighted by molar-refractivity contribution is -0.137. The van der Waals surface area contributed by atoms with Gasteiger partial charge in [-0.15, -0.1) is 5.10 Å². The molecular formula is C18H21ClN4O3. The molecule has 7 nitrogen and oxygen atoms in total. The number of aryl methyl sites for hydroxylation is 1. The number of hydrogen-bond acceptors (Lipinski definition) is 4. The third-order valence-corrected chi connectivity index (χ3v) is 4.87. The SMILES string of the molecule is Cc1cn(-c2ccc(Cl)cc2)nc1NC(=O)C(=O)NC1CC(C)(CO)C1. The van der Waals surface area contributed by atoms with Gasteiger partial charge in [-0.2, -0.15) is 0 Å². The highest BCUT2D eigenvalue weighted by atomic mass is 35.5. The van der Waals surface area contributed by atoms with Gasteiger partial charge < -0.3 is 15.7 Å². The highest BCUT2D eigenvalue weighted by molar-refractivity contribution is 6.39. The molecule has 0 unspecified atom stereocenters. The lowest BCUT2D eigenvalue weighted by Gasteiger charge is -2.44. The summed E-state index contributed by atoms with van der Waals surface area (Å²) in [7, 11) is 0. The van der Waals surface area contributed by atoms with Crippen molar-refractivity contribution in [2.75, 3.05) is 11.9 Å². The summed E-state index contributed by atoms with van der Waals surface area (Å²) < 4.78 is 1.61. The van der Waals surface area contributed by atoms with E-state index < -0.39 is 11.8 Å². The van der Waals surface area contributed by atoms with E-state index in [4.69, 9.17) is 11.6 Å². The van der Waals surface area contributed by atoms with Gasteiger partial charge in [0.2, 0.25) is 0 Å². The smallest absolute Gasteiger partial charge is 0.314 e. The minimum atomic E-state index is -0.757. The molecule has 1 aromatic heterocycles. The van der Waals surface area contributed by atoms with Crippen molar-refractivity contribution in [2.45, 2.75) is 32.7 Å². The standard InChI is InChI=1S/C18H21ClN4O3/c1-11-9-23(14-5-3-12(19)4-6-14)22-15(11)21-17(26)16(25)20-13-7-18(2,8-13)10-24/h3-6,9,13,24H,7-8,10H2,1-2H3,(H,20,25)(H,21,22,26). The van der Waals surface area contributed by atoms with Crippen molar-refractivity contribution in [3.05, 3.63) is 41.0 Å². The van der Waals surface area contributed by atoms with E-state index in [1.54, 1.807) is 29.9 Å². The molecule has 2 amide bonds. The summed E-state index contributed by atoms with van der Waals surface area (Å²) in [5.41, 5.74) is 1.36. The molecule has 1 aromatic carbocycles. The molecule has 8 heteroatoms. The number of benzene rings is 1. The molecule has 0 saturated heterocycles. The average molecular weight is 377 g/mol. The van der Waals surface area contributed by atoms with E-state index in [9.17, 15) is 14.7 Å². The first-order valence-electron chi connectivity index (χ1n) is 8.34. The molecule has 1 aliphatic carbocycles. The molecule has 0 atom stereocenters. The average Bonchev–Trinajstić information content (AvgIpc) is 2.94. The van der Waals surface area contributed by atoms with Crippen LogP contribution in [0.2, 0.25) is 5.02 Å². The summed E-state index contributed by atoms with van der Waals surface area (Å²) >= 11 is 5.88. The Hall–Kier alpha value is -2.38. The van der Waals surface area contributed by atoms with Crippen molar-refractivity contribution in [2.24, 2.45) is 5.41 Å². The second-order valence-electron chi connectivity index (χ2n) is 7.08. The number of aliphatic hydroxyl groups is 1. The number of carbonyl (C=O) groups excluding carboxylic acids is 2. The van der Waals surface area contributed by atoms with E-state index in [0.29, 0.717) is 23.7 Å². The lowest BCUT2D eigenvalue weighted by atomic mass is 9.67. The summed E-state index contributed by atoms with van der Waals surface area (Å²) in [5.74, 6) is -1.13. The van der Waals surface area contributed by atoms with E-state index in [2.05, 4.69) is 15.7 Å². The first kappa shape index (κ1) is 18.4. The van der Waals surface area contributed by atoms with Crippen LogP contribution in [0.4, 0.5) is 5.82 Å². The third kappa shape index (κ3) is 3.89. The minimum absolute atomic E-state index is 0.0763. The van der Waals surface area contributed by atoms with Gasteiger partial charge in [-0.25, -0.2) is 4.68 Å². The van der Waals surface area contributed by atoms with E-state index in [1.165, 1.54) is 0 Å². The zero-order chi connectivity index (χ0) is 18.9. The zero-order valence-electron chi connectivity index (χ0n) is 14.6. The molecule has 3 rings (SSSR count). The molecular weight excluding hydrogens is 356 g/mol. The fourth-order valence-electron chi connectivity index (χ4n) is 3.09. The van der Waals surface area contributed by atoms with Crippen molar-refractivity contribution >= 4 is 29.2 Å². The maximum atomic E-state index is 12.1. The molecule has 138 valence electrons. The van der Waals surface area contributed by atoms with Crippen molar-refractivity contribution < 1.29 is 14.7 Å². The van der Waals surface area contributed by atoms with Gasteiger partial charge in [-0.3, -0.25) is 9.59 Å². The van der Waals surface area contributed by atoms with Gasteiger partial charge in [-0.1, -0.05) is 18.5 Å². The predicted molar refractivity (Wildman–Crippen MR) is 98.3 cm³/mol. The Bertz CT molecular complexity index is 825. The van der Waals surface area contributed by atoms with E-state index in [-0.39, 0.29) is 18.1 Å². The number of anilines is 1. The van der Waals surface area contributed by atoms with Gasteiger partial charge in [0.05, 0.1) is 5.69 Å². The summed E-state index contributed by atoms with van der Waals surface area (Å²) in [6.07, 6.45) is 3.08. The largest absolute Gasteiger partial charge is 0.396 e. The Kier molecular flexibility index (Phi) is 5.02. The molecule has 3 N–H and O–H groups in total. The van der Waals surface area contributed by atoms with Crippen molar-refractivity contribution in [1.29, 1.82) is 0 Å². The van der Waals surface area contributed by atoms with Crippen LogP contribution in [0, 0.1) is 12.3 Å². The highest BCUT2D eigenvalue weighted by Crippen LogP contribution is 2.39. The van der Waals surface area contributed by atoms with Crippen LogP contribution in [-0.2, 0) is 9.59 Å². The first-order valence-corrected chi connectivity index (χ1v) is 8.72. The predicted octanol–water partition coefficient (Wildman–Crippen LogP) is 2.05. The molecule has 0 radical (unpaired) electrons. The van der Waals surface area contributed by atoms with Crippen molar-refractivity contribution in [3.8, 4) is 5.69 Å². The maximum absolute atomic E-state index is 12.1. The number of amides is 2. The van der Waals surface area contributed by atoms with Crippen LogP contribution < -0.4 is 10.6 Å². The second kappa shape index (κ2) is 7.09. The number of nitrogens with one attached hydrogen (secondary N) is 2. The molecule has 0 aliphatic heterocycles. The molecule has 1 aliphatic rings. The van der Waals surface area contributed by atoms with Crippen LogP contribution in [0.25, 0.3) is 5.69 Å². The number of rotatable bonds is 4. The number of hydrogen-bond donors (Lipinski definition) is 3. The molecule has 0 spiro atoms. The third-order valence-electron chi connectivity index (χ3n) is 4.62. The van der Waals surface area contributed by atoms with Gasteiger partial charge in [0.15, 0.2) is 5.82 Å². The normalized spacial score (nSPS) is 21.8. The maximum Gasteiger partial charge on any atom is 0.314 e. The second-order valence-corrected chi connectivity index (χ2v) is 7.52. The number of nitrogens with zero attached hydrogens (tertiary/aromatic N) is 2. The number of aromatic nitrogens is 2. The van der Waals surface area contributed by atoms with Crippen LogP contribution in [0.5, 0.6) is 0 Å². The molecule has 2 aromatic rings. The van der Waals surface area contributed by atoms with Crippen LogP contribution >= 0.6 is 11.6 Å². The number of carbonyl (C=O) groups is 2. The van der Waals surface area contributed by atoms with E-state index in [0.717, 1.165) is 11.3 Å². The van der Waals surface area contributed by atoms with Crippen LogP contribution in [0.1, 0.15) is 25.3 Å². The van der Waals surface area contributed by atoms with Crippen molar-refractivity contribution in [3.63, 3.8) is 0 Å². The zero-order valence-corrected chi connectivity index (χ0v) is 15.4. The van der Waals surface area contributed by atoms with Crippen LogP contribution in [0.3, 0.4) is 0 Å². The summed E-state index contributed by atoms with van der Waals surface area (Å²) in [6.45, 7) is 3.82. The lowest BCUT2D eigenvalue weighted by Crippen LogP contribution is -2.53. The molecule has 0 bridgehead atoms. The Morgan fingerprint density at radius 2 is 1.96 bits per heavy atom. The number of halogens is 1. The first-order chi connectivity index (χ1) is 12.3. The van der Waals surface area contributed by atoms with Gasteiger partial charge in [0, 0.05) is 29.4 Å². The minimum Gasteiger partial charge on any atom is -0.396 e. The summed E-state index contributed by atoms with van der Waals surface area (Å²) in [4.78, 5) is 24.2. The Labute approximate surface area is 156 Å². The van der Waals surface area contributed by atoms with E-state index in [1.807, 2.05) is 19.1 Å². The molecule has 1 heterocycles. The van der Waals surface area contributed by atoms with Gasteiger partial charge in [-0.05, 0) is 49.4 Å².